The number of ether oxygens (including phenoxy) is 1. The summed E-state index contributed by atoms with van der Waals surface area (Å²) in [6.07, 6.45) is 5.63. The van der Waals surface area contributed by atoms with E-state index in [4.69, 9.17) is 16.3 Å². The van der Waals surface area contributed by atoms with E-state index in [1.54, 1.807) is 13.2 Å². The molecule has 0 aromatic heterocycles. The highest BCUT2D eigenvalue weighted by Crippen LogP contribution is 2.02. The Morgan fingerprint density at radius 3 is 2.55 bits per heavy atom. The Morgan fingerprint density at radius 2 is 2.18 bits per heavy atom. The maximum atomic E-state index is 5.60. The third-order valence-corrected chi connectivity index (χ3v) is 1.58. The summed E-state index contributed by atoms with van der Waals surface area (Å²) < 4.78 is 4.84. The van der Waals surface area contributed by atoms with Crippen LogP contribution in [0.15, 0.2) is 36.1 Å². The second-order valence-electron chi connectivity index (χ2n) is 2.00. The molecule has 0 spiro atoms. The molecule has 0 N–H and O–H groups in total. The van der Waals surface area contributed by atoms with Crippen LogP contribution in [0.2, 0.25) is 0 Å². The Hall–Kier alpha value is -0.690. The summed E-state index contributed by atoms with van der Waals surface area (Å²) in [5.74, 6) is 1.15. The van der Waals surface area contributed by atoms with Crippen LogP contribution in [-0.4, -0.2) is 13.0 Å². The van der Waals surface area contributed by atoms with Crippen molar-refractivity contribution < 1.29 is 4.74 Å². The van der Waals surface area contributed by atoms with E-state index in [2.05, 4.69) is 6.58 Å². The van der Waals surface area contributed by atoms with Crippen molar-refractivity contribution in [1.29, 1.82) is 0 Å². The van der Waals surface area contributed by atoms with Crippen LogP contribution in [-0.2, 0) is 4.74 Å². The van der Waals surface area contributed by atoms with Crippen molar-refractivity contribution in [2.45, 2.75) is 6.92 Å². The molecule has 0 aromatic carbocycles. The fraction of sp³-hybridized carbons (Fsp3) is 0.333. The Morgan fingerprint density at radius 1 is 1.55 bits per heavy atom. The Balaban J connectivity index is 4.00. The fourth-order valence-corrected chi connectivity index (χ4v) is 0.729. The van der Waals surface area contributed by atoms with Crippen molar-refractivity contribution in [2.24, 2.45) is 0 Å². The third kappa shape index (κ3) is 4.68. The predicted octanol–water partition coefficient (Wildman–Crippen LogP) is 2.89. The average Bonchev–Trinajstić information content (AvgIpc) is 2.06. The summed E-state index contributed by atoms with van der Waals surface area (Å²) >= 11 is 5.60. The first-order valence-corrected chi connectivity index (χ1v) is 3.90. The zero-order chi connectivity index (χ0) is 8.69. The molecule has 62 valence electrons. The first-order valence-electron chi connectivity index (χ1n) is 3.36. The van der Waals surface area contributed by atoms with Gasteiger partial charge in [-0.05, 0) is 18.6 Å². The molecule has 0 rings (SSSR count). The first kappa shape index (κ1) is 10.3. The van der Waals surface area contributed by atoms with Crippen molar-refractivity contribution in [3.8, 4) is 0 Å². The maximum absolute atomic E-state index is 5.60. The van der Waals surface area contributed by atoms with Gasteiger partial charge in [0.2, 0.25) is 0 Å². The van der Waals surface area contributed by atoms with Crippen LogP contribution in [0.25, 0.3) is 0 Å². The van der Waals surface area contributed by atoms with Gasteiger partial charge in [0.05, 0.1) is 7.11 Å². The predicted molar refractivity (Wildman–Crippen MR) is 49.8 cm³/mol. The van der Waals surface area contributed by atoms with Crippen molar-refractivity contribution in [3.05, 3.63) is 36.1 Å². The van der Waals surface area contributed by atoms with Crippen molar-refractivity contribution in [3.63, 3.8) is 0 Å². The van der Waals surface area contributed by atoms with Crippen LogP contribution in [0.3, 0.4) is 0 Å². The molecule has 0 aliphatic carbocycles. The van der Waals surface area contributed by atoms with Crippen LogP contribution in [0.1, 0.15) is 6.92 Å². The lowest BCUT2D eigenvalue weighted by Crippen LogP contribution is -1.81. The molecular weight excluding hydrogens is 160 g/mol. The Labute approximate surface area is 73.0 Å². The number of halogens is 1. The molecule has 11 heavy (non-hydrogen) atoms. The minimum atomic E-state index is 0.518. The van der Waals surface area contributed by atoms with E-state index in [1.807, 2.05) is 19.1 Å². The number of hydrogen-bond acceptors (Lipinski definition) is 1. The zero-order valence-corrected chi connectivity index (χ0v) is 7.69. The molecular formula is C9H13ClO. The second kappa shape index (κ2) is 6.05. The number of alkyl halides is 1. The minimum absolute atomic E-state index is 0.518. The van der Waals surface area contributed by atoms with Crippen molar-refractivity contribution in [1.82, 2.24) is 0 Å². The monoisotopic (exact) mass is 172 g/mol. The van der Waals surface area contributed by atoms with Gasteiger partial charge in [0.25, 0.3) is 0 Å². The fourth-order valence-electron chi connectivity index (χ4n) is 0.486. The second-order valence-corrected chi connectivity index (χ2v) is 2.27. The Kier molecular flexibility index (Phi) is 5.67. The standard InChI is InChI=1S/C9H13ClO/c1-4-9(7-10)6-5-8(2)11-3/h4-6H,2,7H2,1,3H3/b6-5-,9-4+. The number of allylic oxidation sites excluding steroid dienone is 4. The van der Waals surface area contributed by atoms with Gasteiger partial charge in [-0.2, -0.15) is 0 Å². The minimum Gasteiger partial charge on any atom is -0.497 e. The molecule has 0 saturated carbocycles. The molecule has 0 unspecified atom stereocenters. The third-order valence-electron chi connectivity index (χ3n) is 1.27. The molecule has 1 nitrogen and oxygen atoms in total. The first-order chi connectivity index (χ1) is 5.24. The Bertz CT molecular complexity index is 180. The number of methoxy groups -OCH3 is 1. The molecule has 0 aromatic rings. The quantitative estimate of drug-likeness (QED) is 0.360. The highest BCUT2D eigenvalue weighted by molar-refractivity contribution is 6.19. The summed E-state index contributed by atoms with van der Waals surface area (Å²) in [7, 11) is 1.59. The van der Waals surface area contributed by atoms with Gasteiger partial charge in [0.1, 0.15) is 5.76 Å². The van der Waals surface area contributed by atoms with Gasteiger partial charge < -0.3 is 4.74 Å². The lowest BCUT2D eigenvalue weighted by Gasteiger charge is -1.96. The highest BCUT2D eigenvalue weighted by Gasteiger charge is 1.86. The zero-order valence-electron chi connectivity index (χ0n) is 6.93. The van der Waals surface area contributed by atoms with Crippen LogP contribution in [0.5, 0.6) is 0 Å². The van der Waals surface area contributed by atoms with Gasteiger partial charge in [0.15, 0.2) is 0 Å². The van der Waals surface area contributed by atoms with Gasteiger partial charge in [0, 0.05) is 5.88 Å². The smallest absolute Gasteiger partial charge is 0.111 e. The number of hydrogen-bond donors (Lipinski definition) is 0. The van der Waals surface area contributed by atoms with E-state index in [9.17, 15) is 0 Å². The summed E-state index contributed by atoms with van der Waals surface area (Å²) in [4.78, 5) is 0. The topological polar surface area (TPSA) is 9.23 Å². The van der Waals surface area contributed by atoms with E-state index in [-0.39, 0.29) is 0 Å². The van der Waals surface area contributed by atoms with Crippen LogP contribution < -0.4 is 0 Å². The van der Waals surface area contributed by atoms with Crippen molar-refractivity contribution in [2.75, 3.05) is 13.0 Å². The van der Waals surface area contributed by atoms with Gasteiger partial charge in [-0.1, -0.05) is 18.7 Å². The van der Waals surface area contributed by atoms with Crippen LogP contribution in [0, 0.1) is 0 Å². The van der Waals surface area contributed by atoms with Crippen molar-refractivity contribution >= 4 is 11.6 Å². The van der Waals surface area contributed by atoms with Gasteiger partial charge in [-0.3, -0.25) is 0 Å². The molecule has 0 amide bonds. The summed E-state index contributed by atoms with van der Waals surface area (Å²) in [5, 5.41) is 0. The van der Waals surface area contributed by atoms with Gasteiger partial charge >= 0.3 is 0 Å². The van der Waals surface area contributed by atoms with E-state index in [0.717, 1.165) is 5.57 Å². The summed E-state index contributed by atoms with van der Waals surface area (Å²) in [5.41, 5.74) is 1.06. The maximum Gasteiger partial charge on any atom is 0.111 e. The molecule has 0 saturated heterocycles. The van der Waals surface area contributed by atoms with E-state index >= 15 is 0 Å². The average molecular weight is 173 g/mol. The molecule has 0 fully saturated rings. The highest BCUT2D eigenvalue weighted by atomic mass is 35.5. The van der Waals surface area contributed by atoms with E-state index in [1.165, 1.54) is 0 Å². The lowest BCUT2D eigenvalue weighted by atomic mass is 10.2. The van der Waals surface area contributed by atoms with Crippen LogP contribution >= 0.6 is 11.6 Å². The largest absolute Gasteiger partial charge is 0.497 e. The SMILES string of the molecule is C=C(/C=C\C(=C/C)CCl)OC. The van der Waals surface area contributed by atoms with Gasteiger partial charge in [-0.15, -0.1) is 11.6 Å². The molecule has 0 bridgehead atoms. The summed E-state index contributed by atoms with van der Waals surface area (Å²) in [6.45, 7) is 5.58. The molecule has 0 radical (unpaired) electrons. The molecule has 0 heterocycles. The normalized spacial score (nSPS) is 12.1. The molecule has 2 heteroatoms. The molecule has 0 aliphatic rings. The summed E-state index contributed by atoms with van der Waals surface area (Å²) in [6, 6.07) is 0. The van der Waals surface area contributed by atoms with Crippen LogP contribution in [0.4, 0.5) is 0 Å². The van der Waals surface area contributed by atoms with E-state index < -0.39 is 0 Å². The lowest BCUT2D eigenvalue weighted by molar-refractivity contribution is 0.309. The van der Waals surface area contributed by atoms with E-state index in [0.29, 0.717) is 11.6 Å². The number of rotatable bonds is 4. The molecule has 0 atom stereocenters. The molecule has 0 aliphatic heterocycles. The van der Waals surface area contributed by atoms with Gasteiger partial charge in [-0.25, -0.2) is 0 Å².